The fourth-order valence-electron chi connectivity index (χ4n) is 2.63. The first-order chi connectivity index (χ1) is 9.25. The molecule has 0 amide bonds. The molecule has 0 aliphatic carbocycles. The van der Waals surface area contributed by atoms with E-state index in [9.17, 15) is 0 Å². The van der Waals surface area contributed by atoms with Crippen molar-refractivity contribution in [1.29, 1.82) is 0 Å². The van der Waals surface area contributed by atoms with Crippen LogP contribution in [-0.4, -0.2) is 76.0 Å². The SMILES string of the molecule is CN(C)C(=c1cc[cH+]c(=C(N(C)C)N(C)C)[cH-]1)N(C)C. The Hall–Kier alpha value is -1.84. The summed E-state index contributed by atoms with van der Waals surface area (Å²) in [7, 11) is 16.6. The maximum absolute atomic E-state index is 2.24. The third kappa shape index (κ3) is 3.59. The molecule has 0 unspecified atom stereocenters. The number of hydrogen-bond donors (Lipinski definition) is 0. The van der Waals surface area contributed by atoms with Crippen molar-refractivity contribution in [3.8, 4) is 0 Å². The molecule has 4 nitrogen and oxygen atoms in total. The van der Waals surface area contributed by atoms with Gasteiger partial charge in [-0.05, 0) is 6.07 Å². The Labute approximate surface area is 123 Å². The van der Waals surface area contributed by atoms with Crippen molar-refractivity contribution in [2.75, 3.05) is 56.4 Å². The van der Waals surface area contributed by atoms with Crippen molar-refractivity contribution >= 4 is 11.6 Å². The summed E-state index contributed by atoms with van der Waals surface area (Å²) in [6.07, 6.45) is 0. The van der Waals surface area contributed by atoms with Gasteiger partial charge in [0.15, 0.2) is 0 Å². The van der Waals surface area contributed by atoms with E-state index in [2.05, 4.69) is 100 Å². The molecule has 0 radical (unpaired) electrons. The second-order valence-corrected chi connectivity index (χ2v) is 5.81. The first-order valence-corrected chi connectivity index (χ1v) is 6.79. The first-order valence-electron chi connectivity index (χ1n) is 6.79. The summed E-state index contributed by atoms with van der Waals surface area (Å²) in [5, 5.41) is 2.44. The second-order valence-electron chi connectivity index (χ2n) is 5.81. The number of hydrogen-bond acceptors (Lipinski definition) is 4. The van der Waals surface area contributed by atoms with Crippen molar-refractivity contribution < 1.29 is 0 Å². The summed E-state index contributed by atoms with van der Waals surface area (Å²) < 4.78 is 0. The van der Waals surface area contributed by atoms with Crippen LogP contribution in [-0.2, 0) is 0 Å². The second kappa shape index (κ2) is 6.55. The van der Waals surface area contributed by atoms with Crippen LogP contribution in [0.15, 0.2) is 24.3 Å². The normalized spacial score (nSPS) is 10.0. The van der Waals surface area contributed by atoms with Gasteiger partial charge in [-0.2, -0.15) is 0 Å². The molecule has 0 heterocycles. The molecule has 0 aromatic heterocycles. The highest BCUT2D eigenvalue weighted by Crippen LogP contribution is 2.02. The van der Waals surface area contributed by atoms with Crippen molar-refractivity contribution in [3.05, 3.63) is 34.7 Å². The maximum Gasteiger partial charge on any atom is 0.110 e. The van der Waals surface area contributed by atoms with Crippen LogP contribution in [0.25, 0.3) is 11.6 Å². The van der Waals surface area contributed by atoms with Gasteiger partial charge in [-0.15, -0.1) is 0 Å². The molecule has 0 saturated heterocycles. The summed E-state index contributed by atoms with van der Waals surface area (Å²) in [4.78, 5) is 8.57. The Morgan fingerprint density at radius 2 is 1.25 bits per heavy atom. The molecule has 1 rings (SSSR count). The largest absolute Gasteiger partial charge is 0.364 e. The lowest BCUT2D eigenvalue weighted by Crippen LogP contribution is -2.34. The predicted molar refractivity (Wildman–Crippen MR) is 87.3 cm³/mol. The average Bonchev–Trinajstić information content (AvgIpc) is 2.27. The summed E-state index contributed by atoms with van der Waals surface area (Å²) in [6.45, 7) is 0. The highest BCUT2D eigenvalue weighted by atomic mass is 15.3. The van der Waals surface area contributed by atoms with E-state index in [0.29, 0.717) is 0 Å². The predicted octanol–water partition coefficient (Wildman–Crippen LogP) is 0.0644. The molecule has 1 aromatic carbocycles. The van der Waals surface area contributed by atoms with Crippen molar-refractivity contribution in [3.63, 3.8) is 0 Å². The molecule has 1 aromatic rings. The smallest absolute Gasteiger partial charge is 0.110 e. The van der Waals surface area contributed by atoms with Crippen LogP contribution in [0.2, 0.25) is 0 Å². The topological polar surface area (TPSA) is 13.0 Å². The van der Waals surface area contributed by atoms with Crippen molar-refractivity contribution in [2.24, 2.45) is 0 Å². The van der Waals surface area contributed by atoms with Crippen molar-refractivity contribution in [2.45, 2.75) is 0 Å². The molecule has 0 fully saturated rings. The minimum atomic E-state index is 1.20. The molecule has 0 atom stereocenters. The molecule has 0 spiro atoms. The third-order valence-corrected chi connectivity index (χ3v) is 3.07. The highest BCUT2D eigenvalue weighted by Gasteiger charge is 2.06. The zero-order valence-corrected chi connectivity index (χ0v) is 14.1. The zero-order chi connectivity index (χ0) is 15.4. The molecule has 0 bridgehead atoms. The van der Waals surface area contributed by atoms with Gasteiger partial charge in [-0.3, -0.25) is 0 Å². The van der Waals surface area contributed by atoms with E-state index in [1.165, 1.54) is 22.1 Å². The van der Waals surface area contributed by atoms with Crippen LogP contribution in [0.5, 0.6) is 0 Å². The molecule has 0 N–H and O–H groups in total. The van der Waals surface area contributed by atoms with Gasteiger partial charge in [0.1, 0.15) is 11.6 Å². The monoisotopic (exact) mass is 276 g/mol. The molecule has 112 valence electrons. The van der Waals surface area contributed by atoms with Gasteiger partial charge >= 0.3 is 0 Å². The van der Waals surface area contributed by atoms with Crippen molar-refractivity contribution in [1.82, 2.24) is 19.6 Å². The van der Waals surface area contributed by atoms with Gasteiger partial charge in [-0.1, -0.05) is 18.2 Å². The Bertz CT molecular complexity index is 489. The van der Waals surface area contributed by atoms with Gasteiger partial charge in [-0.25, -0.2) is 0 Å². The Kier molecular flexibility index (Phi) is 5.31. The molecule has 0 aliphatic heterocycles. The maximum atomic E-state index is 2.24. The molecule has 4 heteroatoms. The van der Waals surface area contributed by atoms with Crippen LogP contribution in [0.3, 0.4) is 0 Å². The Balaban J connectivity index is 3.70. The average molecular weight is 276 g/mol. The quantitative estimate of drug-likeness (QED) is 0.721. The van der Waals surface area contributed by atoms with Gasteiger partial charge in [0.05, 0.1) is 0 Å². The summed E-state index contributed by atoms with van der Waals surface area (Å²) in [5.41, 5.74) is 0. The van der Waals surface area contributed by atoms with E-state index in [0.717, 1.165) is 0 Å². The Morgan fingerprint density at radius 3 is 1.65 bits per heavy atom. The lowest BCUT2D eigenvalue weighted by molar-refractivity contribution is 0.428. The minimum Gasteiger partial charge on any atom is -0.364 e. The number of rotatable bonds is 4. The highest BCUT2D eigenvalue weighted by molar-refractivity contribution is 5.44. The summed E-state index contributed by atoms with van der Waals surface area (Å²) in [6, 6.07) is 8.67. The van der Waals surface area contributed by atoms with Gasteiger partial charge < -0.3 is 19.6 Å². The first kappa shape index (κ1) is 16.2. The zero-order valence-electron chi connectivity index (χ0n) is 14.1. The van der Waals surface area contributed by atoms with Crippen LogP contribution >= 0.6 is 0 Å². The van der Waals surface area contributed by atoms with Crippen LogP contribution < -0.4 is 10.4 Å². The van der Waals surface area contributed by atoms with E-state index < -0.39 is 0 Å². The van der Waals surface area contributed by atoms with Crippen LogP contribution in [0.4, 0.5) is 0 Å². The Morgan fingerprint density at radius 1 is 0.800 bits per heavy atom. The number of nitrogens with zero attached hydrogens (tertiary/aromatic N) is 4. The fraction of sp³-hybridized carbons (Fsp3) is 0.500. The van der Waals surface area contributed by atoms with E-state index in [1.807, 2.05) is 0 Å². The van der Waals surface area contributed by atoms with E-state index in [-0.39, 0.29) is 0 Å². The molecule has 0 aliphatic rings. The van der Waals surface area contributed by atoms with Gasteiger partial charge in [0.2, 0.25) is 0 Å². The fourth-order valence-corrected chi connectivity index (χ4v) is 2.63. The molecular weight excluding hydrogens is 248 g/mol. The van der Waals surface area contributed by atoms with E-state index in [4.69, 9.17) is 0 Å². The molecule has 20 heavy (non-hydrogen) atoms. The summed E-state index contributed by atoms with van der Waals surface area (Å²) in [5.74, 6) is 2.40. The molecule has 0 saturated carbocycles. The standard InChI is InChI=1S/C16H28N4/c1-17(2)15(18(3)4)13-10-9-11-14(12-13)16(19(5)6)20(7)8/h9-12H,1-8H3. The lowest BCUT2D eigenvalue weighted by Gasteiger charge is -2.26. The van der Waals surface area contributed by atoms with Gasteiger partial charge in [0, 0.05) is 66.8 Å². The molecular formula is C16H28N4. The van der Waals surface area contributed by atoms with E-state index in [1.54, 1.807) is 0 Å². The third-order valence-electron chi connectivity index (χ3n) is 3.07. The lowest BCUT2D eigenvalue weighted by atomic mass is 10.2. The minimum absolute atomic E-state index is 1.20. The van der Waals surface area contributed by atoms with Crippen LogP contribution in [0, 0.1) is 0 Å². The van der Waals surface area contributed by atoms with E-state index >= 15 is 0 Å². The summed E-state index contributed by atoms with van der Waals surface area (Å²) >= 11 is 0. The van der Waals surface area contributed by atoms with Gasteiger partial charge in [0.25, 0.3) is 0 Å². The van der Waals surface area contributed by atoms with Crippen LogP contribution in [0.1, 0.15) is 0 Å². The number of benzene rings is 1.